The van der Waals surface area contributed by atoms with Crippen LogP contribution >= 0.6 is 0 Å². The second-order valence-corrected chi connectivity index (χ2v) is 6.78. The molecule has 22 heavy (non-hydrogen) atoms. The monoisotopic (exact) mass is 302 g/mol. The summed E-state index contributed by atoms with van der Waals surface area (Å²) in [6, 6.07) is 0. The molecule has 0 aliphatic heterocycles. The first-order valence-electron chi connectivity index (χ1n) is 8.52. The molecule has 0 saturated carbocycles. The van der Waals surface area contributed by atoms with Gasteiger partial charge in [-0.15, -0.1) is 18.2 Å². The fraction of sp³-hybridized carbons (Fsp3) is 0.619. The average molecular weight is 303 g/mol. The maximum absolute atomic E-state index is 4.40. The molecule has 0 saturated heterocycles. The van der Waals surface area contributed by atoms with Crippen LogP contribution in [0.25, 0.3) is 5.32 Å². The molecule has 0 spiro atoms. The Hall–Kier alpha value is -1.08. The van der Waals surface area contributed by atoms with Crippen molar-refractivity contribution in [3.63, 3.8) is 0 Å². The van der Waals surface area contributed by atoms with Gasteiger partial charge in [-0.1, -0.05) is 48.3 Å². The third kappa shape index (κ3) is 10.6. The van der Waals surface area contributed by atoms with Crippen LogP contribution in [0.3, 0.4) is 0 Å². The zero-order chi connectivity index (χ0) is 17.0. The van der Waals surface area contributed by atoms with Crippen LogP contribution in [0.5, 0.6) is 0 Å². The molecule has 0 heterocycles. The topological polar surface area (TPSA) is 14.1 Å². The van der Waals surface area contributed by atoms with Crippen molar-refractivity contribution in [2.75, 3.05) is 7.05 Å². The molecule has 126 valence electrons. The van der Waals surface area contributed by atoms with Crippen LogP contribution in [0.15, 0.2) is 47.6 Å². The molecule has 0 N–H and O–H groups in total. The first-order chi connectivity index (χ1) is 10.3. The first kappa shape index (κ1) is 20.9. The summed E-state index contributed by atoms with van der Waals surface area (Å²) in [5, 5.41) is 4.40. The lowest BCUT2D eigenvalue weighted by atomic mass is 9.95. The van der Waals surface area contributed by atoms with Crippen LogP contribution < -0.4 is 0 Å². The van der Waals surface area contributed by atoms with E-state index in [0.29, 0.717) is 0 Å². The molecule has 0 aromatic rings. The summed E-state index contributed by atoms with van der Waals surface area (Å²) < 4.78 is 0. The minimum atomic E-state index is -0.0712. The SMILES string of the molecule is C=C[C@](C)(CC/C=C(\C)CC/C=C(\C)CCC=C(C)C)[N-]C. The van der Waals surface area contributed by atoms with Crippen LogP contribution in [0.2, 0.25) is 0 Å². The normalized spacial score (nSPS) is 15.4. The van der Waals surface area contributed by atoms with Gasteiger partial charge in [0.2, 0.25) is 0 Å². The van der Waals surface area contributed by atoms with Crippen molar-refractivity contribution in [1.29, 1.82) is 0 Å². The largest absolute Gasteiger partial charge is 0.656 e. The molecule has 0 amide bonds. The lowest BCUT2D eigenvalue weighted by Gasteiger charge is -2.38. The molecule has 0 rings (SSSR count). The van der Waals surface area contributed by atoms with Gasteiger partial charge in [-0.25, -0.2) is 0 Å². The van der Waals surface area contributed by atoms with E-state index in [2.05, 4.69) is 64.7 Å². The van der Waals surface area contributed by atoms with Gasteiger partial charge in [-0.3, -0.25) is 0 Å². The molecule has 1 atom stereocenters. The van der Waals surface area contributed by atoms with E-state index in [0.717, 1.165) is 25.7 Å². The maximum Gasteiger partial charge on any atom is -0.0288 e. The average Bonchev–Trinajstić information content (AvgIpc) is 2.46. The quantitative estimate of drug-likeness (QED) is 0.360. The molecule has 0 fully saturated rings. The Labute approximate surface area is 139 Å². The Kier molecular flexibility index (Phi) is 10.9. The predicted molar refractivity (Wildman–Crippen MR) is 103 cm³/mol. The van der Waals surface area contributed by atoms with Crippen molar-refractivity contribution in [1.82, 2.24) is 0 Å². The van der Waals surface area contributed by atoms with Gasteiger partial charge in [-0.2, -0.15) is 7.05 Å². The van der Waals surface area contributed by atoms with Crippen LogP contribution in [-0.2, 0) is 0 Å². The van der Waals surface area contributed by atoms with Crippen LogP contribution in [0.4, 0.5) is 0 Å². The van der Waals surface area contributed by atoms with Crippen molar-refractivity contribution in [3.8, 4) is 0 Å². The number of hydrogen-bond acceptors (Lipinski definition) is 0. The summed E-state index contributed by atoms with van der Waals surface area (Å²) >= 11 is 0. The maximum atomic E-state index is 4.40. The number of likely N-dealkylation sites (N-methyl/N-ethyl adjacent to an activating group) is 1. The Morgan fingerprint density at radius 1 is 0.909 bits per heavy atom. The minimum Gasteiger partial charge on any atom is -0.656 e. The summed E-state index contributed by atoms with van der Waals surface area (Å²) in [5.74, 6) is 0. The lowest BCUT2D eigenvalue weighted by molar-refractivity contribution is 0.602. The van der Waals surface area contributed by atoms with Crippen LogP contribution in [-0.4, -0.2) is 12.6 Å². The molecule has 0 aromatic carbocycles. The van der Waals surface area contributed by atoms with Gasteiger partial charge in [-0.05, 0) is 59.8 Å². The fourth-order valence-corrected chi connectivity index (χ4v) is 2.25. The number of nitrogens with zero attached hydrogens (tertiary/aromatic N) is 1. The lowest BCUT2D eigenvalue weighted by Crippen LogP contribution is -2.18. The number of rotatable bonds is 11. The highest BCUT2D eigenvalue weighted by atomic mass is 14.9. The smallest absolute Gasteiger partial charge is 0.0288 e. The second kappa shape index (κ2) is 11.5. The predicted octanol–water partition coefficient (Wildman–Crippen LogP) is 7.13. The summed E-state index contributed by atoms with van der Waals surface area (Å²) in [7, 11) is 1.88. The van der Waals surface area contributed by atoms with E-state index in [1.807, 2.05) is 13.1 Å². The van der Waals surface area contributed by atoms with Crippen molar-refractivity contribution in [2.45, 2.75) is 78.7 Å². The molecular weight excluding hydrogens is 266 g/mol. The fourth-order valence-electron chi connectivity index (χ4n) is 2.25. The molecule has 1 heteroatoms. The molecule has 0 bridgehead atoms. The Morgan fingerprint density at radius 3 is 1.86 bits per heavy atom. The Bertz CT molecular complexity index is 408. The third-order valence-electron chi connectivity index (χ3n) is 4.22. The highest BCUT2D eigenvalue weighted by Gasteiger charge is 2.05. The highest BCUT2D eigenvalue weighted by Crippen LogP contribution is 2.23. The molecule has 0 aliphatic carbocycles. The standard InChI is InChI=1S/C21H36N/c1-8-21(6,22-7)17-11-16-20(5)15-10-14-19(4)13-9-12-18(2)3/h8,12,14,16H,1,9-11,13,15,17H2,2-7H3/q-1/b19-14+,20-16+/t21-/m1/s1. The summed E-state index contributed by atoms with van der Waals surface area (Å²) in [6.07, 6.45) is 15.8. The Balaban J connectivity index is 4.06. The summed E-state index contributed by atoms with van der Waals surface area (Å²) in [5.41, 5.74) is 4.33. The second-order valence-electron chi connectivity index (χ2n) is 6.78. The van der Waals surface area contributed by atoms with Gasteiger partial charge in [0.1, 0.15) is 0 Å². The molecular formula is C21H36N-. The van der Waals surface area contributed by atoms with E-state index in [-0.39, 0.29) is 5.54 Å². The van der Waals surface area contributed by atoms with Gasteiger partial charge in [0.15, 0.2) is 0 Å². The zero-order valence-corrected chi connectivity index (χ0v) is 15.7. The van der Waals surface area contributed by atoms with E-state index in [4.69, 9.17) is 0 Å². The summed E-state index contributed by atoms with van der Waals surface area (Å²) in [6.45, 7) is 14.8. The Morgan fingerprint density at radius 2 is 1.41 bits per heavy atom. The van der Waals surface area contributed by atoms with Crippen LogP contribution in [0.1, 0.15) is 73.1 Å². The van der Waals surface area contributed by atoms with Crippen LogP contribution in [0, 0.1) is 0 Å². The van der Waals surface area contributed by atoms with Gasteiger partial charge >= 0.3 is 0 Å². The molecule has 1 nitrogen and oxygen atoms in total. The molecule has 0 radical (unpaired) electrons. The van der Waals surface area contributed by atoms with E-state index < -0.39 is 0 Å². The van der Waals surface area contributed by atoms with Crippen molar-refractivity contribution < 1.29 is 0 Å². The number of hydrogen-bond donors (Lipinski definition) is 0. The van der Waals surface area contributed by atoms with Crippen molar-refractivity contribution >= 4 is 0 Å². The minimum absolute atomic E-state index is 0.0712. The highest BCUT2D eigenvalue weighted by molar-refractivity contribution is 5.14. The van der Waals surface area contributed by atoms with E-state index in [1.54, 1.807) is 0 Å². The molecule has 0 aliphatic rings. The number of allylic oxidation sites excluding steroid dienone is 6. The van der Waals surface area contributed by atoms with Gasteiger partial charge in [0, 0.05) is 0 Å². The van der Waals surface area contributed by atoms with E-state index in [9.17, 15) is 0 Å². The van der Waals surface area contributed by atoms with E-state index >= 15 is 0 Å². The molecule has 0 aromatic heterocycles. The van der Waals surface area contributed by atoms with Crippen molar-refractivity contribution in [3.05, 3.63) is 52.9 Å². The summed E-state index contributed by atoms with van der Waals surface area (Å²) in [4.78, 5) is 0. The third-order valence-corrected chi connectivity index (χ3v) is 4.22. The van der Waals surface area contributed by atoms with Gasteiger partial charge < -0.3 is 5.32 Å². The molecule has 0 unspecified atom stereocenters. The zero-order valence-electron chi connectivity index (χ0n) is 15.7. The van der Waals surface area contributed by atoms with Gasteiger partial charge in [0.25, 0.3) is 0 Å². The van der Waals surface area contributed by atoms with Gasteiger partial charge in [0.05, 0.1) is 0 Å². The first-order valence-corrected chi connectivity index (χ1v) is 8.52. The van der Waals surface area contributed by atoms with E-state index in [1.165, 1.54) is 29.6 Å². The van der Waals surface area contributed by atoms with Crippen molar-refractivity contribution in [2.24, 2.45) is 0 Å².